The van der Waals surface area contributed by atoms with Crippen LogP contribution in [0.5, 0.6) is 0 Å². The topological polar surface area (TPSA) is 138 Å². The quantitative estimate of drug-likeness (QED) is 0.192. The van der Waals surface area contributed by atoms with E-state index in [4.69, 9.17) is 17.4 Å². The summed E-state index contributed by atoms with van der Waals surface area (Å²) in [6.45, 7) is 19.4. The van der Waals surface area contributed by atoms with Gasteiger partial charge in [0.2, 0.25) is 6.29 Å². The Balaban J connectivity index is 0.000000571. The van der Waals surface area contributed by atoms with Gasteiger partial charge in [-0.05, 0) is 105 Å². The van der Waals surface area contributed by atoms with Crippen LogP contribution in [0.2, 0.25) is 0 Å². The van der Waals surface area contributed by atoms with E-state index < -0.39 is 29.8 Å². The van der Waals surface area contributed by atoms with Gasteiger partial charge in [0.05, 0.1) is 22.3 Å². The summed E-state index contributed by atoms with van der Waals surface area (Å²) in [5, 5.41) is 17.7. The summed E-state index contributed by atoms with van der Waals surface area (Å²) >= 11 is 6.09. The van der Waals surface area contributed by atoms with E-state index in [-0.39, 0.29) is 45.9 Å². The number of hydrogen-bond acceptors (Lipinski definition) is 10. The molecule has 1 atom stereocenters. The third-order valence-electron chi connectivity index (χ3n) is 4.96. The van der Waals surface area contributed by atoms with Crippen molar-refractivity contribution in [3.05, 3.63) is 67.6 Å². The molecular weight excluding hydrogens is 738 g/mol. The minimum Gasteiger partial charge on any atom is -0.479 e. The van der Waals surface area contributed by atoms with Crippen molar-refractivity contribution in [2.24, 2.45) is 0 Å². The first-order valence-corrected chi connectivity index (χ1v) is 16.8. The van der Waals surface area contributed by atoms with Crippen LogP contribution >= 0.6 is 31.9 Å². The molecule has 1 fully saturated rings. The van der Waals surface area contributed by atoms with Gasteiger partial charge in [0, 0.05) is 57.8 Å². The predicted octanol–water partition coefficient (Wildman–Crippen LogP) is 6.71. The molecule has 2 radical (unpaired) electrons. The van der Waals surface area contributed by atoms with Crippen LogP contribution in [0.3, 0.4) is 0 Å². The fourth-order valence-electron chi connectivity index (χ4n) is 3.03. The molecule has 0 saturated carbocycles. The molecule has 1 saturated heterocycles. The van der Waals surface area contributed by atoms with Crippen LogP contribution in [-0.2, 0) is 21.8 Å². The molecule has 2 aromatic carbocycles. The maximum absolute atomic E-state index is 11.0. The molecule has 0 spiro atoms. The smallest absolute Gasteiger partial charge is 0.479 e. The molecule has 3 aliphatic heterocycles. The molecule has 10 nitrogen and oxygen atoms in total. The third-order valence-corrected chi connectivity index (χ3v) is 7.55. The van der Waals surface area contributed by atoms with Gasteiger partial charge in [0.15, 0.2) is 0 Å². The van der Waals surface area contributed by atoms with Crippen LogP contribution in [0.25, 0.3) is 0 Å². The first-order valence-electron chi connectivity index (χ1n) is 14.3. The second kappa shape index (κ2) is 20.5. The molecule has 5 rings (SSSR count). The molecular formula is C32H44AlBr2LiO10. The number of esters is 3. The summed E-state index contributed by atoms with van der Waals surface area (Å²) in [5.41, 5.74) is 0.985. The van der Waals surface area contributed by atoms with Crippen LogP contribution in [0.15, 0.2) is 45.3 Å². The van der Waals surface area contributed by atoms with Crippen molar-refractivity contribution in [1.82, 2.24) is 0 Å². The summed E-state index contributed by atoms with van der Waals surface area (Å²) in [6.07, 6.45) is 1.46. The average molecular weight is 782 g/mol. The van der Waals surface area contributed by atoms with Crippen molar-refractivity contribution < 1.29 is 46.4 Å². The van der Waals surface area contributed by atoms with E-state index in [2.05, 4.69) is 41.3 Å². The van der Waals surface area contributed by atoms with Crippen LogP contribution in [-0.4, -0.2) is 92.9 Å². The van der Waals surface area contributed by atoms with Gasteiger partial charge >= 0.3 is 33.8 Å². The average Bonchev–Trinajstić information content (AvgIpc) is 3.60. The molecule has 46 heavy (non-hydrogen) atoms. The standard InChI is InChI=1S/C8H5BrO3.C8H3BrO3.C4H8O.C4H10O.2C4H9O.Al.Li/c2*9-4-1-2-5-6(3-4)8(11)12-7(5)10;1-2-4-5-3-1;3*1-4(2,3)5;;/h1-3,7,10H;1-3H;1-4H2;5H,1-3H3;2*1-3H3;;/q;;;;2*-1;+2;. The monoisotopic (exact) mass is 780 g/mol. The molecule has 0 aliphatic carbocycles. The minimum atomic E-state index is -1.10. The van der Waals surface area contributed by atoms with Gasteiger partial charge < -0.3 is 32.0 Å². The number of carbonyl (C=O) groups is 3. The van der Waals surface area contributed by atoms with Gasteiger partial charge in [0.25, 0.3) is 0 Å². The summed E-state index contributed by atoms with van der Waals surface area (Å²) in [7, 11) is 0. The number of fused-ring (bicyclic) bond motifs is 2. The number of carbonyl (C=O) groups excluding carboxylic acids is 3. The van der Waals surface area contributed by atoms with E-state index in [1.807, 2.05) is 41.5 Å². The fraction of sp³-hybridized carbons (Fsp3) is 0.531. The third kappa shape index (κ3) is 19.7. The molecule has 0 amide bonds. The number of aliphatic hydroxyl groups excluding tert-OH is 1. The van der Waals surface area contributed by atoms with Gasteiger partial charge in [-0.25, -0.2) is 14.4 Å². The van der Waals surface area contributed by atoms with E-state index in [0.717, 1.165) is 22.2 Å². The second-order valence-corrected chi connectivity index (χ2v) is 15.4. The van der Waals surface area contributed by atoms with Gasteiger partial charge in [-0.3, -0.25) is 0 Å². The van der Waals surface area contributed by atoms with Gasteiger partial charge in [-0.1, -0.05) is 37.9 Å². The molecule has 1 unspecified atom stereocenters. The first kappa shape index (κ1) is 44.9. The summed E-state index contributed by atoms with van der Waals surface area (Å²) in [5.74, 6) is -1.61. The summed E-state index contributed by atoms with van der Waals surface area (Å²) in [6, 6.07) is 9.88. The minimum absolute atomic E-state index is 0. The Kier molecular flexibility index (Phi) is 20.0. The van der Waals surface area contributed by atoms with Crippen molar-refractivity contribution in [2.75, 3.05) is 13.2 Å². The van der Waals surface area contributed by atoms with Crippen molar-refractivity contribution >= 4 is 84.5 Å². The van der Waals surface area contributed by atoms with Crippen molar-refractivity contribution in [1.29, 1.82) is 0 Å². The zero-order valence-electron chi connectivity index (χ0n) is 28.4. The zero-order valence-corrected chi connectivity index (χ0v) is 32.7. The van der Waals surface area contributed by atoms with Crippen molar-refractivity contribution in [3.63, 3.8) is 0 Å². The normalized spacial score (nSPS) is 16.2. The van der Waals surface area contributed by atoms with Crippen molar-refractivity contribution in [2.45, 2.75) is 98.2 Å². The van der Waals surface area contributed by atoms with Crippen molar-refractivity contribution in [3.8, 4) is 0 Å². The van der Waals surface area contributed by atoms with E-state index in [1.54, 1.807) is 57.2 Å². The number of ether oxygens (including phenoxy) is 3. The van der Waals surface area contributed by atoms with Gasteiger partial charge in [-0.2, -0.15) is 0 Å². The molecule has 2 N–H and O–H groups in total. The summed E-state index contributed by atoms with van der Waals surface area (Å²) in [4.78, 5) is 32.9. The molecule has 3 heterocycles. The maximum Gasteiger partial charge on any atom is 0.669 e. The Morgan fingerprint density at radius 3 is 1.61 bits per heavy atom. The van der Waals surface area contributed by atoms with E-state index in [1.165, 1.54) is 12.8 Å². The molecule has 250 valence electrons. The SMILES string of the molecule is C1CCOC1.CC(C)(C)O.CC(C)(C)[O][Al][O]C(C)(C)C.O=C1OC(=O)c2cc(Br)ccc21.O=C1OC(O)c2ccc(Br)cc21.[Li]. The van der Waals surface area contributed by atoms with E-state index in [9.17, 15) is 19.5 Å². The fourth-order valence-corrected chi connectivity index (χ4v) is 4.38. The Morgan fingerprint density at radius 2 is 1.17 bits per heavy atom. The second-order valence-electron chi connectivity index (χ2n) is 12.9. The number of cyclic esters (lactones) is 3. The summed E-state index contributed by atoms with van der Waals surface area (Å²) < 4.78 is 26.4. The van der Waals surface area contributed by atoms with Crippen LogP contribution in [0.4, 0.5) is 0 Å². The van der Waals surface area contributed by atoms with Crippen LogP contribution < -0.4 is 0 Å². The van der Waals surface area contributed by atoms with E-state index >= 15 is 0 Å². The van der Waals surface area contributed by atoms with E-state index in [0.29, 0.717) is 22.3 Å². The Bertz CT molecular complexity index is 1260. The number of aliphatic hydroxyl groups is 2. The number of rotatable bonds is 2. The molecule has 0 bridgehead atoms. The largest absolute Gasteiger partial charge is 0.669 e. The molecule has 0 aromatic heterocycles. The van der Waals surface area contributed by atoms with Gasteiger partial charge in [0.1, 0.15) is 0 Å². The van der Waals surface area contributed by atoms with Crippen LogP contribution in [0.1, 0.15) is 118 Å². The maximum atomic E-state index is 11.0. The Hall–Kier alpha value is -1.06. The molecule has 2 aromatic rings. The zero-order chi connectivity index (χ0) is 34.6. The Morgan fingerprint density at radius 1 is 0.739 bits per heavy atom. The first-order chi connectivity index (χ1) is 20.6. The number of hydrogen-bond donors (Lipinski definition) is 2. The number of halogens is 2. The number of benzene rings is 2. The molecule has 3 aliphatic rings. The predicted molar refractivity (Wildman–Crippen MR) is 184 cm³/mol. The molecule has 14 heteroatoms. The van der Waals surface area contributed by atoms with Gasteiger partial charge in [-0.15, -0.1) is 0 Å². The van der Waals surface area contributed by atoms with Crippen LogP contribution in [0, 0.1) is 0 Å². The Labute approximate surface area is 308 Å².